The molecular formula is C13H12ClFO2. The van der Waals surface area contributed by atoms with Crippen molar-refractivity contribution in [3.05, 3.63) is 35.1 Å². The van der Waals surface area contributed by atoms with Crippen LogP contribution < -0.4 is 0 Å². The highest BCUT2D eigenvalue weighted by molar-refractivity contribution is 6.18. The van der Waals surface area contributed by atoms with Crippen molar-refractivity contribution in [2.24, 2.45) is 0 Å². The summed E-state index contributed by atoms with van der Waals surface area (Å²) in [5.41, 5.74) is 0.476. The second kappa shape index (κ2) is 6.93. The molecule has 1 rings (SSSR count). The van der Waals surface area contributed by atoms with E-state index in [0.717, 1.165) is 0 Å². The zero-order valence-corrected chi connectivity index (χ0v) is 10.2. The third-order valence-corrected chi connectivity index (χ3v) is 2.10. The largest absolute Gasteiger partial charge is 0.462 e. The maximum atomic E-state index is 13.4. The Hall–Kier alpha value is -1.53. The summed E-state index contributed by atoms with van der Waals surface area (Å²) in [6.07, 6.45) is 0.549. The fourth-order valence-corrected chi connectivity index (χ4v) is 1.27. The number of benzene rings is 1. The highest BCUT2D eigenvalue weighted by Gasteiger charge is 2.12. The summed E-state index contributed by atoms with van der Waals surface area (Å²) in [4.78, 5) is 11.4. The number of esters is 1. The van der Waals surface area contributed by atoms with Gasteiger partial charge in [-0.2, -0.15) is 0 Å². The van der Waals surface area contributed by atoms with Gasteiger partial charge < -0.3 is 4.74 Å². The maximum Gasteiger partial charge on any atom is 0.341 e. The van der Waals surface area contributed by atoms with Gasteiger partial charge in [0.1, 0.15) is 5.82 Å². The van der Waals surface area contributed by atoms with E-state index in [-0.39, 0.29) is 12.2 Å². The van der Waals surface area contributed by atoms with Gasteiger partial charge in [0.2, 0.25) is 0 Å². The van der Waals surface area contributed by atoms with Gasteiger partial charge >= 0.3 is 5.97 Å². The Morgan fingerprint density at radius 1 is 1.53 bits per heavy atom. The minimum Gasteiger partial charge on any atom is -0.462 e. The molecule has 1 aromatic rings. The lowest BCUT2D eigenvalue weighted by Gasteiger charge is -2.03. The van der Waals surface area contributed by atoms with Crippen LogP contribution in [0.1, 0.15) is 29.3 Å². The number of halogens is 2. The van der Waals surface area contributed by atoms with E-state index >= 15 is 0 Å². The average Bonchev–Trinajstić information content (AvgIpc) is 2.32. The van der Waals surface area contributed by atoms with Crippen molar-refractivity contribution in [1.29, 1.82) is 0 Å². The van der Waals surface area contributed by atoms with Crippen molar-refractivity contribution < 1.29 is 13.9 Å². The van der Waals surface area contributed by atoms with Crippen molar-refractivity contribution >= 4 is 17.6 Å². The van der Waals surface area contributed by atoms with Gasteiger partial charge in [-0.25, -0.2) is 9.18 Å². The Kier molecular flexibility index (Phi) is 5.51. The van der Waals surface area contributed by atoms with Gasteiger partial charge in [0.05, 0.1) is 12.2 Å². The number of ether oxygens (including phenoxy) is 1. The number of alkyl halides is 1. The van der Waals surface area contributed by atoms with Crippen LogP contribution in [-0.2, 0) is 4.74 Å². The van der Waals surface area contributed by atoms with Gasteiger partial charge in [-0.15, -0.1) is 11.6 Å². The zero-order chi connectivity index (χ0) is 12.7. The first-order valence-electron chi connectivity index (χ1n) is 5.20. The topological polar surface area (TPSA) is 26.3 Å². The molecule has 0 atom stereocenters. The lowest BCUT2D eigenvalue weighted by molar-refractivity contribution is 0.0521. The van der Waals surface area contributed by atoms with E-state index in [1.165, 1.54) is 18.2 Å². The van der Waals surface area contributed by atoms with Crippen molar-refractivity contribution in [3.8, 4) is 11.8 Å². The Balaban J connectivity index is 2.95. The van der Waals surface area contributed by atoms with Crippen molar-refractivity contribution in [3.63, 3.8) is 0 Å². The molecule has 2 nitrogen and oxygen atoms in total. The van der Waals surface area contributed by atoms with E-state index in [1.54, 1.807) is 6.92 Å². The van der Waals surface area contributed by atoms with Crippen LogP contribution in [0, 0.1) is 17.7 Å². The molecule has 0 radical (unpaired) electrons. The molecule has 0 saturated carbocycles. The molecule has 4 heteroatoms. The van der Waals surface area contributed by atoms with Gasteiger partial charge in [-0.05, 0) is 25.1 Å². The van der Waals surface area contributed by atoms with Crippen LogP contribution in [0.2, 0.25) is 0 Å². The summed E-state index contributed by atoms with van der Waals surface area (Å²) in [6, 6.07) is 4.10. The number of carbonyl (C=O) groups is 1. The summed E-state index contributed by atoms with van der Waals surface area (Å²) in [5, 5.41) is 0. The van der Waals surface area contributed by atoms with E-state index in [2.05, 4.69) is 11.8 Å². The summed E-state index contributed by atoms with van der Waals surface area (Å²) < 4.78 is 18.1. The Morgan fingerprint density at radius 2 is 2.29 bits per heavy atom. The van der Waals surface area contributed by atoms with Crippen LogP contribution in [0.25, 0.3) is 0 Å². The minimum absolute atomic E-state index is 0.0930. The lowest BCUT2D eigenvalue weighted by Crippen LogP contribution is -2.07. The molecule has 0 aromatic heterocycles. The SMILES string of the molecule is CCOC(=O)c1cc(C#CCCCl)ccc1F. The van der Waals surface area contributed by atoms with Crippen molar-refractivity contribution in [2.75, 3.05) is 12.5 Å². The number of carbonyl (C=O) groups excluding carboxylic acids is 1. The fourth-order valence-electron chi connectivity index (χ4n) is 1.18. The van der Waals surface area contributed by atoms with Crippen molar-refractivity contribution in [2.45, 2.75) is 13.3 Å². The molecule has 0 heterocycles. The van der Waals surface area contributed by atoms with Gasteiger partial charge in [-0.1, -0.05) is 11.8 Å². The first-order chi connectivity index (χ1) is 8.19. The van der Waals surface area contributed by atoms with Gasteiger partial charge in [-0.3, -0.25) is 0 Å². The van der Waals surface area contributed by atoms with Crippen LogP contribution in [0.3, 0.4) is 0 Å². The normalized spacial score (nSPS) is 9.35. The number of hydrogen-bond donors (Lipinski definition) is 0. The third-order valence-electron chi connectivity index (χ3n) is 1.91. The molecule has 0 fully saturated rings. The summed E-state index contributed by atoms with van der Waals surface area (Å²) in [7, 11) is 0. The maximum absolute atomic E-state index is 13.4. The third kappa shape index (κ3) is 4.08. The highest BCUT2D eigenvalue weighted by Crippen LogP contribution is 2.11. The van der Waals surface area contributed by atoms with Crippen LogP contribution in [0.5, 0.6) is 0 Å². The van der Waals surface area contributed by atoms with E-state index in [0.29, 0.717) is 17.9 Å². The Labute approximate surface area is 105 Å². The van der Waals surface area contributed by atoms with Gasteiger partial charge in [0.25, 0.3) is 0 Å². The second-order valence-corrected chi connectivity index (χ2v) is 3.53. The van der Waals surface area contributed by atoms with Gasteiger partial charge in [0.15, 0.2) is 0 Å². The van der Waals surface area contributed by atoms with Crippen LogP contribution in [0.4, 0.5) is 4.39 Å². The summed E-state index contributed by atoms with van der Waals surface area (Å²) in [6.45, 7) is 1.88. The highest BCUT2D eigenvalue weighted by atomic mass is 35.5. The fraction of sp³-hybridized carbons (Fsp3) is 0.308. The first kappa shape index (κ1) is 13.5. The molecule has 0 unspecified atom stereocenters. The zero-order valence-electron chi connectivity index (χ0n) is 9.43. The predicted molar refractivity (Wildman–Crippen MR) is 64.6 cm³/mol. The quantitative estimate of drug-likeness (QED) is 0.471. The van der Waals surface area contributed by atoms with Crippen LogP contribution in [0.15, 0.2) is 18.2 Å². The molecule has 0 N–H and O–H groups in total. The standard InChI is InChI=1S/C13H12ClFO2/c1-2-17-13(16)11-9-10(5-3-4-8-14)6-7-12(11)15/h6-7,9H,2,4,8H2,1H3. The number of rotatable bonds is 3. The van der Waals surface area contributed by atoms with E-state index in [1.807, 2.05) is 0 Å². The average molecular weight is 255 g/mol. The van der Waals surface area contributed by atoms with Crippen molar-refractivity contribution in [1.82, 2.24) is 0 Å². The Morgan fingerprint density at radius 3 is 2.94 bits per heavy atom. The molecule has 1 aromatic carbocycles. The molecular weight excluding hydrogens is 243 g/mol. The smallest absolute Gasteiger partial charge is 0.341 e. The predicted octanol–water partition coefficient (Wildman–Crippen LogP) is 2.98. The monoisotopic (exact) mass is 254 g/mol. The summed E-state index contributed by atoms with van der Waals surface area (Å²) >= 11 is 5.48. The molecule has 0 aliphatic heterocycles. The van der Waals surface area contributed by atoms with Crippen LogP contribution >= 0.6 is 11.6 Å². The van der Waals surface area contributed by atoms with Crippen LogP contribution in [-0.4, -0.2) is 18.5 Å². The molecule has 0 saturated heterocycles. The first-order valence-corrected chi connectivity index (χ1v) is 5.74. The second-order valence-electron chi connectivity index (χ2n) is 3.16. The molecule has 0 bridgehead atoms. The molecule has 0 aliphatic carbocycles. The van der Waals surface area contributed by atoms with E-state index in [4.69, 9.17) is 16.3 Å². The number of hydrogen-bond acceptors (Lipinski definition) is 2. The molecule has 17 heavy (non-hydrogen) atoms. The molecule has 0 spiro atoms. The molecule has 90 valence electrons. The minimum atomic E-state index is -0.675. The van der Waals surface area contributed by atoms with Gasteiger partial charge in [0, 0.05) is 17.9 Å². The molecule has 0 amide bonds. The van der Waals surface area contributed by atoms with E-state index in [9.17, 15) is 9.18 Å². The summed E-state index contributed by atoms with van der Waals surface area (Å²) in [5.74, 6) is 4.78. The Bertz CT molecular complexity index is 460. The molecule has 0 aliphatic rings. The lowest BCUT2D eigenvalue weighted by atomic mass is 10.1. The van der Waals surface area contributed by atoms with E-state index < -0.39 is 11.8 Å².